The van der Waals surface area contributed by atoms with Gasteiger partial charge in [-0.2, -0.15) is 4.98 Å². The van der Waals surface area contributed by atoms with Crippen molar-refractivity contribution in [3.05, 3.63) is 27.8 Å². The summed E-state index contributed by atoms with van der Waals surface area (Å²) < 4.78 is 5.24. The first-order valence-electron chi connectivity index (χ1n) is 8.83. The van der Waals surface area contributed by atoms with Gasteiger partial charge in [-0.15, -0.1) is 35.3 Å². The summed E-state index contributed by atoms with van der Waals surface area (Å²) in [6.45, 7) is 7.88. The highest BCUT2D eigenvalue weighted by atomic mass is 127. The molecular formula is C17H29IN6OS. The van der Waals surface area contributed by atoms with E-state index in [0.29, 0.717) is 11.8 Å². The second-order valence-corrected chi connectivity index (χ2v) is 7.25. The Labute approximate surface area is 176 Å². The van der Waals surface area contributed by atoms with E-state index in [4.69, 9.17) is 4.52 Å². The van der Waals surface area contributed by atoms with E-state index < -0.39 is 0 Å². The van der Waals surface area contributed by atoms with E-state index in [2.05, 4.69) is 51.5 Å². The average molecular weight is 492 g/mol. The Bertz CT molecular complexity index is 670. The summed E-state index contributed by atoms with van der Waals surface area (Å²) in [5.74, 6) is 2.57. The number of aryl methyl sites for hydroxylation is 2. The van der Waals surface area contributed by atoms with Gasteiger partial charge in [0.25, 0.3) is 0 Å². The summed E-state index contributed by atoms with van der Waals surface area (Å²) in [6, 6.07) is 0. The van der Waals surface area contributed by atoms with E-state index in [1.54, 1.807) is 18.4 Å². The Morgan fingerprint density at radius 1 is 1.27 bits per heavy atom. The minimum atomic E-state index is 0. The first-order chi connectivity index (χ1) is 12.1. The topological polar surface area (TPSA) is 88.2 Å². The summed E-state index contributed by atoms with van der Waals surface area (Å²) in [5.41, 5.74) is 0. The molecule has 26 heavy (non-hydrogen) atoms. The molecule has 0 fully saturated rings. The minimum Gasteiger partial charge on any atom is -0.356 e. The van der Waals surface area contributed by atoms with E-state index >= 15 is 0 Å². The molecule has 0 atom stereocenters. The molecule has 7 nitrogen and oxygen atoms in total. The zero-order valence-electron chi connectivity index (χ0n) is 15.9. The highest BCUT2D eigenvalue weighted by Crippen LogP contribution is 2.13. The van der Waals surface area contributed by atoms with Crippen LogP contribution >= 0.6 is 35.3 Å². The fourth-order valence-corrected chi connectivity index (χ4v) is 3.05. The Morgan fingerprint density at radius 2 is 2.04 bits per heavy atom. The fraction of sp³-hybridized carbons (Fsp3) is 0.647. The molecule has 0 aliphatic carbocycles. The number of aliphatic imine (C=N–C) groups is 1. The second kappa shape index (κ2) is 12.2. The summed E-state index contributed by atoms with van der Waals surface area (Å²) in [7, 11) is 1.78. The van der Waals surface area contributed by atoms with Gasteiger partial charge >= 0.3 is 0 Å². The van der Waals surface area contributed by atoms with Crippen molar-refractivity contribution in [2.24, 2.45) is 4.99 Å². The summed E-state index contributed by atoms with van der Waals surface area (Å²) in [4.78, 5) is 14.4. The molecule has 0 unspecified atom stereocenters. The molecule has 0 aliphatic rings. The quantitative estimate of drug-likeness (QED) is 0.242. The van der Waals surface area contributed by atoms with Crippen molar-refractivity contribution >= 4 is 41.3 Å². The number of rotatable bonds is 9. The number of aromatic nitrogens is 3. The van der Waals surface area contributed by atoms with Crippen molar-refractivity contribution in [3.63, 3.8) is 0 Å². The van der Waals surface area contributed by atoms with Crippen molar-refractivity contribution in [1.82, 2.24) is 25.8 Å². The lowest BCUT2D eigenvalue weighted by Crippen LogP contribution is -2.38. The molecule has 0 bridgehead atoms. The monoisotopic (exact) mass is 492 g/mol. The molecule has 0 spiro atoms. The molecule has 0 saturated heterocycles. The molecule has 146 valence electrons. The lowest BCUT2D eigenvalue weighted by molar-refractivity contribution is 0.368. The van der Waals surface area contributed by atoms with E-state index in [-0.39, 0.29) is 24.0 Å². The molecule has 2 N–H and O–H groups in total. The van der Waals surface area contributed by atoms with Crippen molar-refractivity contribution < 1.29 is 4.52 Å². The highest BCUT2D eigenvalue weighted by molar-refractivity contribution is 14.0. The number of nitrogens with one attached hydrogen (secondary N) is 2. The van der Waals surface area contributed by atoms with Gasteiger partial charge in [-0.05, 0) is 12.8 Å². The molecule has 0 aromatic carbocycles. The summed E-state index contributed by atoms with van der Waals surface area (Å²) in [6.07, 6.45) is 5.60. The van der Waals surface area contributed by atoms with Gasteiger partial charge < -0.3 is 15.2 Å². The smallest absolute Gasteiger partial charge is 0.226 e. The maximum Gasteiger partial charge on any atom is 0.226 e. The number of halogens is 1. The molecule has 0 amide bonds. The largest absolute Gasteiger partial charge is 0.356 e. The van der Waals surface area contributed by atoms with Gasteiger partial charge in [0, 0.05) is 50.0 Å². The maximum atomic E-state index is 5.24. The third kappa shape index (κ3) is 7.56. The number of nitrogens with zero attached hydrogens (tertiary/aromatic N) is 4. The SMILES string of the molecule is CCc1cnc(CCNC(=NC)NCCCc2nc(C(C)C)no2)s1.I. The van der Waals surface area contributed by atoms with Crippen LogP contribution in [0.3, 0.4) is 0 Å². The van der Waals surface area contributed by atoms with E-state index in [1.807, 2.05) is 6.20 Å². The molecule has 9 heteroatoms. The number of hydrogen-bond donors (Lipinski definition) is 2. The molecule has 0 radical (unpaired) electrons. The maximum absolute atomic E-state index is 5.24. The molecule has 0 aliphatic heterocycles. The molecule has 2 aromatic heterocycles. The van der Waals surface area contributed by atoms with Gasteiger partial charge in [-0.3, -0.25) is 4.99 Å². The second-order valence-electron chi connectivity index (χ2n) is 6.05. The van der Waals surface area contributed by atoms with Crippen LogP contribution in [0.5, 0.6) is 0 Å². The van der Waals surface area contributed by atoms with Crippen LogP contribution < -0.4 is 10.6 Å². The zero-order chi connectivity index (χ0) is 18.1. The van der Waals surface area contributed by atoms with Crippen molar-refractivity contribution in [2.45, 2.75) is 52.4 Å². The minimum absolute atomic E-state index is 0. The highest BCUT2D eigenvalue weighted by Gasteiger charge is 2.09. The van der Waals surface area contributed by atoms with Crippen LogP contribution in [0.4, 0.5) is 0 Å². The zero-order valence-corrected chi connectivity index (χ0v) is 19.1. The van der Waals surface area contributed by atoms with E-state index in [1.165, 1.54) is 4.88 Å². The van der Waals surface area contributed by atoms with Crippen molar-refractivity contribution in [3.8, 4) is 0 Å². The molecule has 2 rings (SSSR count). The average Bonchev–Trinajstić information content (AvgIpc) is 3.26. The lowest BCUT2D eigenvalue weighted by atomic mass is 10.2. The van der Waals surface area contributed by atoms with Gasteiger partial charge in [0.05, 0.1) is 5.01 Å². The lowest BCUT2D eigenvalue weighted by Gasteiger charge is -2.10. The Balaban J connectivity index is 0.00000338. The number of guanidine groups is 1. The van der Waals surface area contributed by atoms with Gasteiger partial charge in [-0.1, -0.05) is 25.9 Å². The number of thiazole rings is 1. The summed E-state index contributed by atoms with van der Waals surface area (Å²) >= 11 is 1.78. The van der Waals surface area contributed by atoms with Crippen LogP contribution in [-0.4, -0.2) is 41.2 Å². The summed E-state index contributed by atoms with van der Waals surface area (Å²) in [5, 5.41) is 11.8. The van der Waals surface area contributed by atoms with Crippen molar-refractivity contribution in [2.75, 3.05) is 20.1 Å². The first kappa shape index (κ1) is 22.8. The predicted molar refractivity (Wildman–Crippen MR) is 117 cm³/mol. The fourth-order valence-electron chi connectivity index (χ4n) is 2.19. The Kier molecular flexibility index (Phi) is 10.7. The van der Waals surface area contributed by atoms with Crippen LogP contribution in [0.2, 0.25) is 0 Å². The van der Waals surface area contributed by atoms with Gasteiger partial charge in [0.2, 0.25) is 5.89 Å². The number of hydrogen-bond acceptors (Lipinski definition) is 6. The van der Waals surface area contributed by atoms with E-state index in [0.717, 1.165) is 55.6 Å². The third-order valence-corrected chi connectivity index (χ3v) is 4.87. The van der Waals surface area contributed by atoms with Gasteiger partial charge in [-0.25, -0.2) is 4.98 Å². The predicted octanol–water partition coefficient (Wildman–Crippen LogP) is 3.17. The van der Waals surface area contributed by atoms with Crippen LogP contribution in [0, 0.1) is 0 Å². The molecule has 2 aromatic rings. The van der Waals surface area contributed by atoms with Crippen LogP contribution in [-0.2, 0) is 19.3 Å². The standard InChI is InChI=1S/C17H28N6OS.HI/c1-5-13-11-21-15(25-13)8-10-20-17(18-4)19-9-6-7-14-22-16(12(2)3)23-24-14;/h11-12H,5-10H2,1-4H3,(H2,18,19,20);1H. The van der Waals surface area contributed by atoms with Crippen LogP contribution in [0.15, 0.2) is 15.7 Å². The van der Waals surface area contributed by atoms with Crippen LogP contribution in [0.25, 0.3) is 0 Å². The third-order valence-electron chi connectivity index (χ3n) is 3.66. The Morgan fingerprint density at radius 3 is 2.65 bits per heavy atom. The first-order valence-corrected chi connectivity index (χ1v) is 9.64. The molecular weight excluding hydrogens is 463 g/mol. The Hall–Kier alpha value is -1.23. The van der Waals surface area contributed by atoms with Gasteiger partial charge in [0.15, 0.2) is 11.8 Å². The van der Waals surface area contributed by atoms with Crippen LogP contribution in [0.1, 0.15) is 54.7 Å². The normalized spacial score (nSPS) is 11.5. The van der Waals surface area contributed by atoms with Gasteiger partial charge in [0.1, 0.15) is 0 Å². The molecule has 2 heterocycles. The van der Waals surface area contributed by atoms with E-state index in [9.17, 15) is 0 Å². The van der Waals surface area contributed by atoms with Crippen molar-refractivity contribution in [1.29, 1.82) is 0 Å². The molecule has 0 saturated carbocycles.